The zero-order valence-corrected chi connectivity index (χ0v) is 37.0. The minimum atomic E-state index is 0.539. The van der Waals surface area contributed by atoms with E-state index in [0.717, 1.165) is 28.1 Å². The summed E-state index contributed by atoms with van der Waals surface area (Å²) < 4.78 is 13.2. The third kappa shape index (κ3) is 12.9. The second-order valence-corrected chi connectivity index (χ2v) is 25.9. The van der Waals surface area contributed by atoms with Crippen LogP contribution < -0.4 is 0 Å². The van der Waals surface area contributed by atoms with E-state index in [1.807, 2.05) is 129 Å². The Morgan fingerprint density at radius 2 is 1.04 bits per heavy atom. The van der Waals surface area contributed by atoms with Crippen LogP contribution in [-0.4, -0.2) is 47.2 Å². The fourth-order valence-corrected chi connectivity index (χ4v) is 22.9. The lowest BCUT2D eigenvalue weighted by Crippen LogP contribution is -1.82. The lowest BCUT2D eigenvalue weighted by molar-refractivity contribution is 1.24. The van der Waals surface area contributed by atoms with Gasteiger partial charge in [-0.2, -0.15) is 30.5 Å². The quantitative estimate of drug-likeness (QED) is 0.0666. The Bertz CT molecular complexity index is 1310. The molecule has 0 aliphatic carbocycles. The topological polar surface area (TPSA) is 28.1 Å². The van der Waals surface area contributed by atoms with Crippen LogP contribution in [0.5, 0.6) is 0 Å². The van der Waals surface area contributed by atoms with Crippen LogP contribution >= 0.6 is 190 Å². The normalized spacial score (nSPS) is 20.5. The summed E-state index contributed by atoms with van der Waals surface area (Å²) >= 11 is 34.7. The van der Waals surface area contributed by atoms with Gasteiger partial charge in [0.2, 0.25) is 6.54 Å². The van der Waals surface area contributed by atoms with Crippen LogP contribution in [0.2, 0.25) is 0 Å². The number of hydrogen-bond acceptors (Lipinski definition) is 17. The molecular weight excluding hydrogens is 865 g/mol. The van der Waals surface area contributed by atoms with Gasteiger partial charge in [-0.1, -0.05) is 94.1 Å². The molecule has 0 spiro atoms. The first kappa shape index (κ1) is 40.3. The summed E-state index contributed by atoms with van der Waals surface area (Å²) in [4.78, 5) is 6.17. The van der Waals surface area contributed by atoms with E-state index in [-0.39, 0.29) is 0 Å². The van der Waals surface area contributed by atoms with Gasteiger partial charge in [-0.05, 0) is 36.8 Å². The predicted molar refractivity (Wildman–Crippen MR) is 243 cm³/mol. The first-order valence-corrected chi connectivity index (χ1v) is 26.9. The molecule has 0 radical (unpaired) electrons. The number of thiol groups is 2. The van der Waals surface area contributed by atoms with Crippen LogP contribution in [-0.2, 0) is 0 Å². The third-order valence-electron chi connectivity index (χ3n) is 5.05. The molecule has 2 nitrogen and oxygen atoms in total. The monoisotopic (exact) mass is 890 g/mol. The van der Waals surface area contributed by atoms with Crippen molar-refractivity contribution >= 4 is 190 Å². The van der Waals surface area contributed by atoms with Crippen LogP contribution in [0.3, 0.4) is 0 Å². The number of hydrogen-bond donors (Lipinski definition) is 2. The summed E-state index contributed by atoms with van der Waals surface area (Å²) in [6.07, 6.45) is 13.8. The largest absolute Gasteiger partial charge is 0.316 e. The number of nitrogens with zero attached hydrogens (tertiary/aromatic N) is 2. The highest BCUT2D eigenvalue weighted by atomic mass is 32.3. The van der Waals surface area contributed by atoms with Crippen molar-refractivity contribution in [2.24, 2.45) is 0 Å². The van der Waals surface area contributed by atoms with Crippen LogP contribution in [0.4, 0.5) is 0 Å². The summed E-state index contributed by atoms with van der Waals surface area (Å²) in [5, 5.41) is 10.0. The van der Waals surface area contributed by atoms with E-state index in [9.17, 15) is 0 Å². The first-order valence-electron chi connectivity index (χ1n) is 12.7. The molecule has 4 rings (SSSR count). The lowest BCUT2D eigenvalue weighted by atomic mass is 10.6. The number of thioether (sulfide) groups is 14. The predicted octanol–water partition coefficient (Wildman–Crippen LogP) is 14.2. The number of allylic oxidation sites excluding steroid dienone is 4. The standard InChI is InChI=1S/C27H26N2S16/c1-29-10-12-35-25-27(45-21(43-25)8-7-19-40-22(32-2)23(33-3)41-19)37-15-36-26-24(34-11-4-9-28)42-20(44-26)6-5-18-38-16(13-30)17(14-31)39-18/h5-8,30-31H,4,10-15H2,2-3H3/b20-6-,21-8-. The maximum absolute atomic E-state index is 9.10. The maximum Gasteiger partial charge on any atom is 0.224 e. The molecule has 240 valence electrons. The average molecular weight is 892 g/mol. The second-order valence-electron chi connectivity index (χ2n) is 7.95. The molecule has 0 saturated heterocycles. The van der Waals surface area contributed by atoms with E-state index >= 15 is 0 Å². The van der Waals surface area contributed by atoms with Gasteiger partial charge >= 0.3 is 0 Å². The molecule has 0 aromatic rings. The van der Waals surface area contributed by atoms with E-state index < -0.39 is 0 Å². The fraction of sp³-hybridized carbons (Fsp3) is 0.333. The minimum absolute atomic E-state index is 0.539. The van der Waals surface area contributed by atoms with E-state index in [0.29, 0.717) is 13.0 Å². The number of nitriles is 1. The van der Waals surface area contributed by atoms with E-state index in [2.05, 4.69) is 73.0 Å². The van der Waals surface area contributed by atoms with E-state index in [1.165, 1.54) is 52.2 Å². The second kappa shape index (κ2) is 22.4. The molecule has 4 aliphatic heterocycles. The first-order chi connectivity index (χ1) is 22.0. The summed E-state index contributed by atoms with van der Waals surface area (Å²) in [5.41, 5.74) is 0. The van der Waals surface area contributed by atoms with Crippen molar-refractivity contribution in [2.75, 3.05) is 47.2 Å². The molecule has 0 atom stereocenters. The van der Waals surface area contributed by atoms with Gasteiger partial charge in [0, 0.05) is 42.8 Å². The molecule has 18 heteroatoms. The molecule has 4 aliphatic rings. The van der Waals surface area contributed by atoms with Crippen LogP contribution in [0.25, 0.3) is 4.85 Å². The highest BCUT2D eigenvalue weighted by molar-refractivity contribution is 8.44. The van der Waals surface area contributed by atoms with Crippen LogP contribution in [0.1, 0.15) is 6.42 Å². The fourth-order valence-electron chi connectivity index (χ4n) is 3.14. The van der Waals surface area contributed by atoms with Gasteiger partial charge in [0.05, 0.1) is 50.0 Å². The van der Waals surface area contributed by atoms with E-state index in [1.54, 1.807) is 35.3 Å². The smallest absolute Gasteiger partial charge is 0.224 e. The van der Waals surface area contributed by atoms with Crippen molar-refractivity contribution in [3.63, 3.8) is 0 Å². The molecule has 0 saturated carbocycles. The number of rotatable bonds is 16. The molecule has 0 bridgehead atoms. The molecule has 0 fully saturated rings. The molecule has 0 N–H and O–H groups in total. The zero-order valence-electron chi connectivity index (χ0n) is 23.8. The minimum Gasteiger partial charge on any atom is -0.316 e. The Kier molecular flexibility index (Phi) is 20.1. The third-order valence-corrected chi connectivity index (χ3v) is 24.8. The Balaban J connectivity index is 1.38. The molecular formula is C27H26N2S16. The van der Waals surface area contributed by atoms with Crippen molar-refractivity contribution < 1.29 is 0 Å². The Morgan fingerprint density at radius 1 is 0.644 bits per heavy atom. The molecule has 0 unspecified atom stereocenters. The SMILES string of the molecule is [C-]#[N+]CCSC1=C(SCSC2=C(SCCC#N)S/C(=C/C=C3SC(CS)=C(CS)S3)S2)S/C(=C\C=C2SC(SC)=C(SC)S2)S1. The highest BCUT2D eigenvalue weighted by Crippen LogP contribution is 2.62. The van der Waals surface area contributed by atoms with Gasteiger partial charge in [0.1, 0.15) is 0 Å². The van der Waals surface area contributed by atoms with Crippen molar-refractivity contribution in [1.82, 2.24) is 0 Å². The Hall–Kier alpha value is 2.50. The summed E-state index contributed by atoms with van der Waals surface area (Å²) in [6.45, 7) is 7.74. The Morgan fingerprint density at radius 3 is 1.44 bits per heavy atom. The van der Waals surface area contributed by atoms with Crippen LogP contribution in [0, 0.1) is 17.9 Å². The van der Waals surface area contributed by atoms with Gasteiger partial charge < -0.3 is 4.85 Å². The van der Waals surface area contributed by atoms with Crippen molar-refractivity contribution in [3.8, 4) is 6.07 Å². The summed E-state index contributed by atoms with van der Waals surface area (Å²) in [5.74, 6) is 3.13. The maximum atomic E-state index is 9.10. The summed E-state index contributed by atoms with van der Waals surface area (Å²) in [7, 11) is 0. The summed E-state index contributed by atoms with van der Waals surface area (Å²) in [6, 6.07) is 2.28. The molecule has 0 amide bonds. The Labute approximate surface area is 338 Å². The molecule has 0 aromatic carbocycles. The lowest BCUT2D eigenvalue weighted by Gasteiger charge is -2.05. The average Bonchev–Trinajstić information content (AvgIpc) is 3.84. The highest BCUT2D eigenvalue weighted by Gasteiger charge is 2.26. The molecule has 45 heavy (non-hydrogen) atoms. The van der Waals surface area contributed by atoms with Crippen molar-refractivity contribution in [2.45, 2.75) is 6.42 Å². The van der Waals surface area contributed by atoms with Crippen molar-refractivity contribution in [3.05, 3.63) is 87.9 Å². The van der Waals surface area contributed by atoms with Gasteiger partial charge in [-0.25, -0.2) is 6.57 Å². The van der Waals surface area contributed by atoms with Gasteiger partial charge in [-0.3, -0.25) is 0 Å². The van der Waals surface area contributed by atoms with Gasteiger partial charge in [0.15, 0.2) is 0 Å². The van der Waals surface area contributed by atoms with E-state index in [4.69, 9.17) is 11.8 Å². The zero-order chi connectivity index (χ0) is 32.0. The molecule has 0 aromatic heterocycles. The van der Waals surface area contributed by atoms with Gasteiger partial charge in [0.25, 0.3) is 0 Å². The van der Waals surface area contributed by atoms with Crippen molar-refractivity contribution in [1.29, 1.82) is 5.26 Å². The van der Waals surface area contributed by atoms with Gasteiger partial charge in [-0.15, -0.1) is 70.6 Å². The molecule has 4 heterocycles. The van der Waals surface area contributed by atoms with Crippen LogP contribution in [0.15, 0.2) is 76.5 Å².